The third-order valence-electron chi connectivity index (χ3n) is 4.24. The predicted molar refractivity (Wildman–Crippen MR) is 92.5 cm³/mol. The quantitative estimate of drug-likeness (QED) is 0.873. The number of halogens is 1. The van der Waals surface area contributed by atoms with Crippen LogP contribution in [0.4, 0.5) is 11.5 Å². The molecule has 1 aliphatic carbocycles. The molecule has 0 aliphatic heterocycles. The molecule has 2 aromatic rings. The Morgan fingerprint density at radius 3 is 2.76 bits per heavy atom. The lowest BCUT2D eigenvalue weighted by Gasteiger charge is -2.26. The number of nitriles is 1. The van der Waals surface area contributed by atoms with Crippen LogP contribution >= 0.6 is 11.6 Å². The number of nitrogens with zero attached hydrogens (tertiary/aromatic N) is 3. The van der Waals surface area contributed by atoms with E-state index in [-0.39, 0.29) is 23.8 Å². The van der Waals surface area contributed by atoms with Crippen molar-refractivity contribution in [1.29, 1.82) is 5.26 Å². The fourth-order valence-corrected chi connectivity index (χ4v) is 3.07. The van der Waals surface area contributed by atoms with Gasteiger partial charge in [-0.15, -0.1) is 0 Å². The molecule has 8 heteroatoms. The summed E-state index contributed by atoms with van der Waals surface area (Å²) in [6, 6.07) is 8.83. The first-order valence-electron chi connectivity index (χ1n) is 7.81. The van der Waals surface area contributed by atoms with Crippen molar-refractivity contribution < 1.29 is 9.59 Å². The lowest BCUT2D eigenvalue weighted by atomic mass is 9.85. The maximum atomic E-state index is 11.8. The van der Waals surface area contributed by atoms with E-state index in [0.717, 1.165) is 0 Å². The molecule has 0 bridgehead atoms. The molecular weight excluding hydrogens is 342 g/mol. The summed E-state index contributed by atoms with van der Waals surface area (Å²) in [6.45, 7) is 0. The van der Waals surface area contributed by atoms with Crippen LogP contribution in [0.15, 0.2) is 30.5 Å². The molecule has 1 amide bonds. The van der Waals surface area contributed by atoms with Crippen LogP contribution in [0.25, 0.3) is 0 Å². The summed E-state index contributed by atoms with van der Waals surface area (Å²) in [5, 5.41) is 17.4. The smallest absolute Gasteiger partial charge is 0.254 e. The van der Waals surface area contributed by atoms with Crippen LogP contribution in [-0.2, 0) is 4.79 Å². The van der Waals surface area contributed by atoms with Crippen molar-refractivity contribution in [2.45, 2.75) is 25.3 Å². The minimum Gasteiger partial charge on any atom is -0.365 e. The number of carbonyl (C=O) groups is 2. The standard InChI is InChI=1S/C17H16ClN5O2/c18-11-1-3-12(4-2-11)21-17-14(16(20)25)9-23(22-17)15-6-5-13(24)7-10(15)8-19/h1-4,9-10,15H,5-7H2,(H2,20,25)(H,21,22)/t10-,15+/m1/s1. The maximum Gasteiger partial charge on any atom is 0.254 e. The highest BCUT2D eigenvalue weighted by molar-refractivity contribution is 6.30. The summed E-state index contributed by atoms with van der Waals surface area (Å²) in [4.78, 5) is 23.3. The second-order valence-electron chi connectivity index (χ2n) is 5.95. The molecule has 0 unspecified atom stereocenters. The van der Waals surface area contributed by atoms with Gasteiger partial charge in [-0.25, -0.2) is 0 Å². The van der Waals surface area contributed by atoms with Gasteiger partial charge < -0.3 is 11.1 Å². The molecule has 3 rings (SSSR count). The summed E-state index contributed by atoms with van der Waals surface area (Å²) in [6.07, 6.45) is 2.64. The van der Waals surface area contributed by atoms with E-state index in [1.165, 1.54) is 6.20 Å². The van der Waals surface area contributed by atoms with Gasteiger partial charge in [-0.2, -0.15) is 10.4 Å². The van der Waals surface area contributed by atoms with Crippen LogP contribution in [-0.4, -0.2) is 21.5 Å². The van der Waals surface area contributed by atoms with E-state index in [9.17, 15) is 14.9 Å². The number of ketones is 1. The molecule has 3 N–H and O–H groups in total. The summed E-state index contributed by atoms with van der Waals surface area (Å²) >= 11 is 5.87. The SMILES string of the molecule is N#C[C@H]1CC(=O)CC[C@@H]1n1cc(C(N)=O)c(Nc2ccc(Cl)cc2)n1. The largest absolute Gasteiger partial charge is 0.365 e. The third kappa shape index (κ3) is 3.64. The molecule has 25 heavy (non-hydrogen) atoms. The van der Waals surface area contributed by atoms with E-state index in [1.54, 1.807) is 28.9 Å². The average molecular weight is 358 g/mol. The van der Waals surface area contributed by atoms with Crippen molar-refractivity contribution in [2.24, 2.45) is 11.7 Å². The topological polar surface area (TPSA) is 114 Å². The molecule has 1 heterocycles. The number of benzene rings is 1. The number of nitrogens with one attached hydrogen (secondary N) is 1. The van der Waals surface area contributed by atoms with E-state index in [4.69, 9.17) is 17.3 Å². The number of Topliss-reactive ketones (excluding diaryl/α,β-unsaturated/α-hetero) is 1. The molecule has 2 atom stereocenters. The van der Waals surface area contributed by atoms with Crippen molar-refractivity contribution in [3.05, 3.63) is 41.0 Å². The fraction of sp³-hybridized carbons (Fsp3) is 0.294. The summed E-state index contributed by atoms with van der Waals surface area (Å²) in [5.41, 5.74) is 6.38. The van der Waals surface area contributed by atoms with Crippen LogP contribution < -0.4 is 11.1 Å². The molecule has 0 saturated heterocycles. The minimum atomic E-state index is -0.622. The summed E-state index contributed by atoms with van der Waals surface area (Å²) in [7, 11) is 0. The molecule has 1 aromatic heterocycles. The maximum absolute atomic E-state index is 11.8. The zero-order chi connectivity index (χ0) is 18.0. The van der Waals surface area contributed by atoms with Crippen molar-refractivity contribution in [1.82, 2.24) is 9.78 Å². The van der Waals surface area contributed by atoms with E-state index in [1.807, 2.05) is 0 Å². The first kappa shape index (κ1) is 17.0. The Balaban J connectivity index is 1.92. The van der Waals surface area contributed by atoms with Gasteiger partial charge in [-0.05, 0) is 30.7 Å². The normalized spacial score (nSPS) is 20.1. The van der Waals surface area contributed by atoms with E-state index >= 15 is 0 Å². The highest BCUT2D eigenvalue weighted by Crippen LogP contribution is 2.33. The molecule has 1 fully saturated rings. The molecule has 1 aliphatic rings. The average Bonchev–Trinajstić information content (AvgIpc) is 3.00. The zero-order valence-electron chi connectivity index (χ0n) is 13.3. The van der Waals surface area contributed by atoms with Gasteiger partial charge in [-0.3, -0.25) is 14.3 Å². The van der Waals surface area contributed by atoms with Crippen molar-refractivity contribution in [3.8, 4) is 6.07 Å². The van der Waals surface area contributed by atoms with Gasteiger partial charge in [0.1, 0.15) is 11.3 Å². The van der Waals surface area contributed by atoms with Crippen LogP contribution in [0.5, 0.6) is 0 Å². The van der Waals surface area contributed by atoms with Gasteiger partial charge in [0.05, 0.1) is 18.0 Å². The third-order valence-corrected chi connectivity index (χ3v) is 4.49. The fourth-order valence-electron chi connectivity index (χ4n) is 2.95. The number of hydrogen-bond donors (Lipinski definition) is 2. The number of hydrogen-bond acceptors (Lipinski definition) is 5. The summed E-state index contributed by atoms with van der Waals surface area (Å²) in [5.74, 6) is -0.707. The van der Waals surface area contributed by atoms with E-state index in [2.05, 4.69) is 16.5 Å². The van der Waals surface area contributed by atoms with Gasteiger partial charge in [0.15, 0.2) is 5.82 Å². The molecule has 0 spiro atoms. The van der Waals surface area contributed by atoms with Crippen LogP contribution in [0.1, 0.15) is 35.7 Å². The molecule has 1 aromatic carbocycles. The number of anilines is 2. The Morgan fingerprint density at radius 2 is 2.12 bits per heavy atom. The number of rotatable bonds is 4. The van der Waals surface area contributed by atoms with Crippen LogP contribution in [0.3, 0.4) is 0 Å². The van der Waals surface area contributed by atoms with Crippen molar-refractivity contribution in [3.63, 3.8) is 0 Å². The molecule has 1 saturated carbocycles. The Bertz CT molecular complexity index is 853. The molecule has 7 nitrogen and oxygen atoms in total. The zero-order valence-corrected chi connectivity index (χ0v) is 14.0. The molecule has 128 valence electrons. The van der Waals surface area contributed by atoms with Crippen molar-refractivity contribution >= 4 is 34.8 Å². The lowest BCUT2D eigenvalue weighted by Crippen LogP contribution is -2.27. The van der Waals surface area contributed by atoms with Gasteiger partial charge in [0.2, 0.25) is 0 Å². The number of amides is 1. The van der Waals surface area contributed by atoms with Crippen molar-refractivity contribution in [2.75, 3.05) is 5.32 Å². The summed E-state index contributed by atoms with van der Waals surface area (Å²) < 4.78 is 1.57. The Kier molecular flexibility index (Phi) is 4.72. The second kappa shape index (κ2) is 6.95. The molecular formula is C17H16ClN5O2. The number of carbonyl (C=O) groups excluding carboxylic acids is 2. The van der Waals surface area contributed by atoms with Gasteiger partial charge >= 0.3 is 0 Å². The van der Waals surface area contributed by atoms with Gasteiger partial charge in [0, 0.05) is 29.7 Å². The Labute approximate surface area is 149 Å². The first-order chi connectivity index (χ1) is 12.0. The van der Waals surface area contributed by atoms with E-state index < -0.39 is 11.8 Å². The first-order valence-corrected chi connectivity index (χ1v) is 8.18. The molecule has 0 radical (unpaired) electrons. The van der Waals surface area contributed by atoms with Gasteiger partial charge in [-0.1, -0.05) is 11.6 Å². The lowest BCUT2D eigenvalue weighted by molar-refractivity contribution is -0.121. The highest BCUT2D eigenvalue weighted by Gasteiger charge is 2.32. The number of primary amides is 1. The minimum absolute atomic E-state index is 0.0737. The number of nitrogens with two attached hydrogens (primary N) is 1. The van der Waals surface area contributed by atoms with Crippen LogP contribution in [0, 0.1) is 17.2 Å². The predicted octanol–water partition coefficient (Wildman–Crippen LogP) is 2.81. The second-order valence-corrected chi connectivity index (χ2v) is 6.39. The van der Waals surface area contributed by atoms with E-state index in [0.29, 0.717) is 29.4 Å². The van der Waals surface area contributed by atoms with Crippen LogP contribution in [0.2, 0.25) is 5.02 Å². The number of aromatic nitrogens is 2. The van der Waals surface area contributed by atoms with Gasteiger partial charge in [0.25, 0.3) is 5.91 Å². The highest BCUT2D eigenvalue weighted by atomic mass is 35.5. The Hall–Kier alpha value is -2.85. The Morgan fingerprint density at radius 1 is 1.40 bits per heavy atom. The monoisotopic (exact) mass is 357 g/mol.